The van der Waals surface area contributed by atoms with Gasteiger partial charge in [0.15, 0.2) is 0 Å². The van der Waals surface area contributed by atoms with Gasteiger partial charge in [0.1, 0.15) is 6.10 Å². The topological polar surface area (TPSA) is 36.0 Å². The number of hydrogen-bond acceptors (Lipinski definition) is 5. The average molecular weight is 364 g/mol. The average Bonchev–Trinajstić information content (AvgIpc) is 3.21. The van der Waals surface area contributed by atoms with Crippen LogP contribution in [0.25, 0.3) is 0 Å². The molecule has 1 aromatic rings. The molecule has 4 rings (SSSR count). The minimum Gasteiger partial charge on any atom is -0.363 e. The first-order valence-electron chi connectivity index (χ1n) is 9.52. The maximum atomic E-state index is 12.8. The lowest BCUT2D eigenvalue weighted by molar-refractivity contribution is -0.156. The van der Waals surface area contributed by atoms with Crippen LogP contribution < -0.4 is 0 Å². The van der Waals surface area contributed by atoms with Crippen molar-refractivity contribution in [1.29, 1.82) is 0 Å². The van der Waals surface area contributed by atoms with Gasteiger partial charge in [0.25, 0.3) is 5.91 Å². The smallest absolute Gasteiger partial charge is 0.251 e. The van der Waals surface area contributed by atoms with Gasteiger partial charge in [-0.1, -0.05) is 0 Å². The summed E-state index contributed by atoms with van der Waals surface area (Å²) >= 11 is 1.89. The summed E-state index contributed by atoms with van der Waals surface area (Å²) in [6, 6.07) is 4.94. The van der Waals surface area contributed by atoms with Crippen LogP contribution in [0, 0.1) is 6.92 Å². The third-order valence-corrected chi connectivity index (χ3v) is 6.89. The van der Waals surface area contributed by atoms with E-state index >= 15 is 0 Å². The molecule has 138 valence electrons. The second-order valence-corrected chi connectivity index (χ2v) is 9.08. The van der Waals surface area contributed by atoms with Gasteiger partial charge in [0.2, 0.25) is 0 Å². The molecule has 1 aromatic heterocycles. The highest BCUT2D eigenvalue weighted by atomic mass is 32.1. The van der Waals surface area contributed by atoms with E-state index in [2.05, 4.69) is 35.9 Å². The molecule has 0 unspecified atom stereocenters. The van der Waals surface area contributed by atoms with Crippen LogP contribution in [0.15, 0.2) is 12.1 Å². The Kier molecular flexibility index (Phi) is 5.13. The molecule has 0 N–H and O–H groups in total. The number of amides is 1. The number of likely N-dealkylation sites (tertiary alicyclic amines) is 1. The van der Waals surface area contributed by atoms with Crippen LogP contribution in [0.3, 0.4) is 0 Å². The summed E-state index contributed by atoms with van der Waals surface area (Å²) in [5, 5.41) is 0. The number of aryl methyl sites for hydroxylation is 1. The third kappa shape index (κ3) is 3.77. The minimum atomic E-state index is -0.214. The van der Waals surface area contributed by atoms with E-state index in [0.717, 1.165) is 58.5 Å². The van der Waals surface area contributed by atoms with E-state index in [1.807, 2.05) is 16.2 Å². The highest BCUT2D eigenvalue weighted by molar-refractivity contribution is 7.11. The Bertz CT molecular complexity index is 612. The summed E-state index contributed by atoms with van der Waals surface area (Å²) in [5.74, 6) is 0.221. The quantitative estimate of drug-likeness (QED) is 0.822. The molecule has 6 heteroatoms. The van der Waals surface area contributed by atoms with Crippen molar-refractivity contribution in [2.45, 2.75) is 51.0 Å². The molecular weight excluding hydrogens is 334 g/mol. The number of thiophene rings is 1. The van der Waals surface area contributed by atoms with E-state index in [4.69, 9.17) is 4.74 Å². The lowest BCUT2D eigenvalue weighted by Crippen LogP contribution is -2.53. The van der Waals surface area contributed by atoms with Crippen molar-refractivity contribution in [3.8, 4) is 0 Å². The Hall–Kier alpha value is -0.950. The van der Waals surface area contributed by atoms with Gasteiger partial charge in [-0.15, -0.1) is 11.3 Å². The van der Waals surface area contributed by atoms with Crippen molar-refractivity contribution >= 4 is 17.2 Å². The maximum absolute atomic E-state index is 12.8. The van der Waals surface area contributed by atoms with Crippen molar-refractivity contribution in [2.75, 3.05) is 39.8 Å². The predicted molar refractivity (Wildman–Crippen MR) is 99.8 cm³/mol. The molecule has 0 spiro atoms. The van der Waals surface area contributed by atoms with Crippen LogP contribution in [0.1, 0.15) is 29.0 Å². The normalized spacial score (nSPS) is 31.3. The van der Waals surface area contributed by atoms with Gasteiger partial charge in [-0.2, -0.15) is 0 Å². The zero-order valence-electron chi connectivity index (χ0n) is 15.3. The molecule has 3 fully saturated rings. The highest BCUT2D eigenvalue weighted by Gasteiger charge is 2.42. The number of piperazine rings is 1. The molecule has 0 radical (unpaired) electrons. The maximum Gasteiger partial charge on any atom is 0.251 e. The molecule has 0 bridgehead atoms. The lowest BCUT2D eigenvalue weighted by atomic mass is 9.98. The van der Waals surface area contributed by atoms with E-state index < -0.39 is 0 Å². The predicted octanol–water partition coefficient (Wildman–Crippen LogP) is 1.95. The summed E-state index contributed by atoms with van der Waals surface area (Å²) in [5.41, 5.74) is 0. The Balaban J connectivity index is 1.33. The largest absolute Gasteiger partial charge is 0.363 e. The molecule has 0 saturated carbocycles. The second kappa shape index (κ2) is 7.35. The fourth-order valence-electron chi connectivity index (χ4n) is 4.39. The number of hydrogen-bond donors (Lipinski definition) is 0. The fourth-order valence-corrected chi connectivity index (χ4v) is 5.31. The molecule has 3 aliphatic rings. The van der Waals surface area contributed by atoms with E-state index in [1.54, 1.807) is 0 Å². The monoisotopic (exact) mass is 363 g/mol. The lowest BCUT2D eigenvalue weighted by Gasteiger charge is -2.39. The summed E-state index contributed by atoms with van der Waals surface area (Å²) in [6.45, 7) is 7.90. The molecule has 25 heavy (non-hydrogen) atoms. The number of rotatable bonds is 3. The number of carbonyl (C=O) groups excluding carboxylic acids is 1. The van der Waals surface area contributed by atoms with E-state index in [-0.39, 0.29) is 18.1 Å². The van der Waals surface area contributed by atoms with E-state index in [9.17, 15) is 4.79 Å². The van der Waals surface area contributed by atoms with Crippen molar-refractivity contribution in [2.24, 2.45) is 0 Å². The van der Waals surface area contributed by atoms with Gasteiger partial charge in [-0.3, -0.25) is 9.69 Å². The Morgan fingerprint density at radius 2 is 1.96 bits per heavy atom. The van der Waals surface area contributed by atoms with Crippen LogP contribution >= 0.6 is 11.3 Å². The summed E-state index contributed by atoms with van der Waals surface area (Å²) in [4.78, 5) is 22.5. The summed E-state index contributed by atoms with van der Waals surface area (Å²) in [7, 11) is 2.12. The van der Waals surface area contributed by atoms with Crippen LogP contribution in [0.4, 0.5) is 0 Å². The SMILES string of the molecule is Cc1ccc(CN2CC[C@H]3O[C@@H](C(=O)N4CCN(C)CC4)CC[C@H]32)s1. The minimum absolute atomic E-state index is 0.214. The van der Waals surface area contributed by atoms with Crippen molar-refractivity contribution in [1.82, 2.24) is 14.7 Å². The second-order valence-electron chi connectivity index (χ2n) is 7.71. The molecular formula is C19H29N3O2S. The van der Waals surface area contributed by atoms with Gasteiger partial charge >= 0.3 is 0 Å². The molecule has 0 aromatic carbocycles. The van der Waals surface area contributed by atoms with Crippen LogP contribution in [-0.4, -0.2) is 78.6 Å². The molecule has 0 aliphatic carbocycles. The molecule has 3 atom stereocenters. The Labute approximate surface area is 154 Å². The molecule has 3 saturated heterocycles. The number of carbonyl (C=O) groups is 1. The fraction of sp³-hybridized carbons (Fsp3) is 0.737. The summed E-state index contributed by atoms with van der Waals surface area (Å²) < 4.78 is 6.28. The van der Waals surface area contributed by atoms with Crippen LogP contribution in [0.2, 0.25) is 0 Å². The van der Waals surface area contributed by atoms with Gasteiger partial charge in [0, 0.05) is 55.1 Å². The van der Waals surface area contributed by atoms with E-state index in [1.165, 1.54) is 9.75 Å². The highest BCUT2D eigenvalue weighted by Crippen LogP contribution is 2.34. The zero-order chi connectivity index (χ0) is 17.4. The first-order valence-corrected chi connectivity index (χ1v) is 10.3. The standard InChI is InChI=1S/C19H29N3O2S/c1-14-3-4-15(25-14)13-22-8-7-17-16(22)5-6-18(24-17)19(23)21-11-9-20(2)10-12-21/h3-4,16-18H,5-13H2,1-2H3/t16-,17-,18-/m1/s1. The van der Waals surface area contributed by atoms with Gasteiger partial charge in [0.05, 0.1) is 6.10 Å². The Morgan fingerprint density at radius 3 is 2.68 bits per heavy atom. The van der Waals surface area contributed by atoms with Crippen LogP contribution in [-0.2, 0) is 16.1 Å². The molecule has 3 aliphatic heterocycles. The van der Waals surface area contributed by atoms with Crippen molar-refractivity contribution in [3.05, 3.63) is 21.9 Å². The molecule has 1 amide bonds. The van der Waals surface area contributed by atoms with Gasteiger partial charge < -0.3 is 14.5 Å². The first-order chi connectivity index (χ1) is 12.1. The zero-order valence-corrected chi connectivity index (χ0v) is 16.1. The first kappa shape index (κ1) is 17.5. The van der Waals surface area contributed by atoms with Crippen LogP contribution in [0.5, 0.6) is 0 Å². The van der Waals surface area contributed by atoms with E-state index in [0.29, 0.717) is 6.04 Å². The molecule has 5 nitrogen and oxygen atoms in total. The van der Waals surface area contributed by atoms with Crippen molar-refractivity contribution < 1.29 is 9.53 Å². The van der Waals surface area contributed by atoms with Gasteiger partial charge in [-0.05, 0) is 45.4 Å². The summed E-state index contributed by atoms with van der Waals surface area (Å²) in [6.07, 6.45) is 3.03. The third-order valence-electron chi connectivity index (χ3n) is 5.91. The number of ether oxygens (including phenoxy) is 1. The number of fused-ring (bicyclic) bond motifs is 1. The molecule has 4 heterocycles. The Morgan fingerprint density at radius 1 is 1.16 bits per heavy atom. The van der Waals surface area contributed by atoms with Crippen molar-refractivity contribution in [3.63, 3.8) is 0 Å². The number of nitrogens with zero attached hydrogens (tertiary/aromatic N) is 3. The number of likely N-dealkylation sites (N-methyl/N-ethyl adjacent to an activating group) is 1. The van der Waals surface area contributed by atoms with Gasteiger partial charge in [-0.25, -0.2) is 0 Å².